The highest BCUT2D eigenvalue weighted by atomic mass is 32.2. The largest absolute Gasteiger partial charge is 0.480 e. The van der Waals surface area contributed by atoms with Gasteiger partial charge in [0.15, 0.2) is 15.3 Å². The zero-order chi connectivity index (χ0) is 16.3. The number of allylic oxidation sites excluding steroid dienone is 1. The van der Waals surface area contributed by atoms with Crippen LogP contribution >= 0.6 is 0 Å². The van der Waals surface area contributed by atoms with Crippen molar-refractivity contribution in [2.24, 2.45) is 11.3 Å². The summed E-state index contributed by atoms with van der Waals surface area (Å²) in [6.45, 7) is 7.22. The third-order valence-corrected chi connectivity index (χ3v) is 5.75. The molecule has 0 amide bonds. The van der Waals surface area contributed by atoms with E-state index in [-0.39, 0.29) is 31.0 Å². The SMILES string of the molecule is C=C(CC)CC(C(=O)O)(C(=O)OCC)C1CCS(=O)(=O)C1. The minimum atomic E-state index is -3.30. The molecule has 1 aliphatic rings. The molecular weight excluding hydrogens is 296 g/mol. The van der Waals surface area contributed by atoms with Gasteiger partial charge in [-0.25, -0.2) is 8.42 Å². The van der Waals surface area contributed by atoms with Gasteiger partial charge >= 0.3 is 11.9 Å². The highest BCUT2D eigenvalue weighted by Gasteiger charge is 2.56. The fourth-order valence-corrected chi connectivity index (χ4v) is 4.56. The summed E-state index contributed by atoms with van der Waals surface area (Å²) in [5.41, 5.74) is -1.26. The maximum Gasteiger partial charge on any atom is 0.324 e. The number of aliphatic carboxylic acids is 1. The van der Waals surface area contributed by atoms with E-state index in [1.54, 1.807) is 6.92 Å². The van der Waals surface area contributed by atoms with Gasteiger partial charge in [-0.3, -0.25) is 9.59 Å². The predicted octanol–water partition coefficient (Wildman–Crippen LogP) is 1.41. The number of rotatable bonds is 7. The topological polar surface area (TPSA) is 97.7 Å². The second-order valence-electron chi connectivity index (χ2n) is 5.38. The van der Waals surface area contributed by atoms with E-state index in [1.807, 2.05) is 6.92 Å². The van der Waals surface area contributed by atoms with E-state index in [2.05, 4.69) is 6.58 Å². The monoisotopic (exact) mass is 318 g/mol. The van der Waals surface area contributed by atoms with E-state index in [9.17, 15) is 23.1 Å². The van der Waals surface area contributed by atoms with Gasteiger partial charge in [0.2, 0.25) is 0 Å². The average Bonchev–Trinajstić information content (AvgIpc) is 2.75. The Kier molecular flexibility index (Phi) is 5.55. The van der Waals surface area contributed by atoms with Crippen LogP contribution in [0, 0.1) is 11.3 Å². The molecule has 1 aliphatic heterocycles. The van der Waals surface area contributed by atoms with E-state index >= 15 is 0 Å². The summed E-state index contributed by atoms with van der Waals surface area (Å²) in [6.07, 6.45) is 0.593. The Bertz CT molecular complexity index is 536. The Labute approximate surface area is 125 Å². The van der Waals surface area contributed by atoms with Crippen LogP contribution in [-0.4, -0.2) is 43.6 Å². The normalized spacial score (nSPS) is 23.2. The smallest absolute Gasteiger partial charge is 0.324 e. The molecule has 0 bridgehead atoms. The third kappa shape index (κ3) is 3.64. The number of carboxylic acid groups (broad SMARTS) is 1. The zero-order valence-corrected chi connectivity index (χ0v) is 13.2. The van der Waals surface area contributed by atoms with Crippen molar-refractivity contribution in [2.45, 2.75) is 33.1 Å². The van der Waals surface area contributed by atoms with Crippen molar-refractivity contribution in [1.29, 1.82) is 0 Å². The number of hydrogen-bond acceptors (Lipinski definition) is 5. The van der Waals surface area contributed by atoms with Crippen LogP contribution in [0.5, 0.6) is 0 Å². The van der Waals surface area contributed by atoms with Crippen LogP contribution < -0.4 is 0 Å². The summed E-state index contributed by atoms with van der Waals surface area (Å²) < 4.78 is 28.3. The van der Waals surface area contributed by atoms with Crippen molar-refractivity contribution in [1.82, 2.24) is 0 Å². The molecule has 1 heterocycles. The van der Waals surface area contributed by atoms with Gasteiger partial charge in [0.05, 0.1) is 18.1 Å². The van der Waals surface area contributed by atoms with Crippen molar-refractivity contribution in [3.05, 3.63) is 12.2 Å². The molecule has 2 unspecified atom stereocenters. The first-order valence-electron chi connectivity index (χ1n) is 6.97. The molecule has 1 rings (SSSR count). The Balaban J connectivity index is 3.27. The molecule has 1 saturated heterocycles. The van der Waals surface area contributed by atoms with Crippen molar-refractivity contribution < 1.29 is 27.9 Å². The third-order valence-electron chi connectivity index (χ3n) is 3.98. The van der Waals surface area contributed by atoms with Gasteiger partial charge < -0.3 is 9.84 Å². The van der Waals surface area contributed by atoms with E-state index in [0.29, 0.717) is 12.0 Å². The van der Waals surface area contributed by atoms with E-state index in [0.717, 1.165) is 0 Å². The maximum absolute atomic E-state index is 12.3. The molecule has 0 saturated carbocycles. The minimum Gasteiger partial charge on any atom is -0.480 e. The number of ether oxygens (including phenoxy) is 1. The lowest BCUT2D eigenvalue weighted by Gasteiger charge is -2.32. The molecule has 0 aromatic rings. The zero-order valence-electron chi connectivity index (χ0n) is 12.4. The first kappa shape index (κ1) is 17.7. The summed E-state index contributed by atoms with van der Waals surface area (Å²) in [7, 11) is -3.30. The lowest BCUT2D eigenvalue weighted by atomic mass is 9.70. The summed E-state index contributed by atoms with van der Waals surface area (Å²) >= 11 is 0. The summed E-state index contributed by atoms with van der Waals surface area (Å²) in [5.74, 6) is -3.37. The number of carbonyl (C=O) groups excluding carboxylic acids is 1. The van der Waals surface area contributed by atoms with Crippen LogP contribution in [-0.2, 0) is 24.2 Å². The summed E-state index contributed by atoms with van der Waals surface area (Å²) in [4.78, 5) is 24.2. The standard InChI is InChI=1S/C14H22O6S/c1-4-10(3)8-14(12(15)16,13(17)20-5-2)11-6-7-21(18,19)9-11/h11H,3-9H2,1-2H3,(H,15,16). The highest BCUT2D eigenvalue weighted by molar-refractivity contribution is 7.91. The maximum atomic E-state index is 12.3. The van der Waals surface area contributed by atoms with Crippen LogP contribution in [0.15, 0.2) is 12.2 Å². The van der Waals surface area contributed by atoms with Gasteiger partial charge in [0.25, 0.3) is 0 Å². The first-order valence-corrected chi connectivity index (χ1v) is 8.79. The molecule has 1 fully saturated rings. The summed E-state index contributed by atoms with van der Waals surface area (Å²) in [6, 6.07) is 0. The molecule has 7 heteroatoms. The van der Waals surface area contributed by atoms with E-state index in [1.165, 1.54) is 0 Å². The Hall–Kier alpha value is -1.37. The second kappa shape index (κ2) is 6.60. The Morgan fingerprint density at radius 1 is 1.38 bits per heavy atom. The molecular formula is C14H22O6S. The fraction of sp³-hybridized carbons (Fsp3) is 0.714. The van der Waals surface area contributed by atoms with Crippen LogP contribution in [0.25, 0.3) is 0 Å². The van der Waals surface area contributed by atoms with Crippen LogP contribution in [0.1, 0.15) is 33.1 Å². The van der Waals surface area contributed by atoms with Crippen molar-refractivity contribution in [3.63, 3.8) is 0 Å². The predicted molar refractivity (Wildman–Crippen MR) is 77.5 cm³/mol. The Morgan fingerprint density at radius 2 is 2.00 bits per heavy atom. The van der Waals surface area contributed by atoms with Crippen LogP contribution in [0.2, 0.25) is 0 Å². The van der Waals surface area contributed by atoms with Crippen molar-refractivity contribution >= 4 is 21.8 Å². The van der Waals surface area contributed by atoms with Crippen LogP contribution in [0.4, 0.5) is 0 Å². The number of carbonyl (C=O) groups is 2. The average molecular weight is 318 g/mol. The number of esters is 1. The van der Waals surface area contributed by atoms with Gasteiger partial charge in [0, 0.05) is 5.92 Å². The van der Waals surface area contributed by atoms with Crippen molar-refractivity contribution in [2.75, 3.05) is 18.1 Å². The number of carboxylic acids is 1. The lowest BCUT2D eigenvalue weighted by Crippen LogP contribution is -2.47. The summed E-state index contributed by atoms with van der Waals surface area (Å²) in [5, 5.41) is 9.66. The number of sulfone groups is 1. The Morgan fingerprint density at radius 3 is 2.38 bits per heavy atom. The second-order valence-corrected chi connectivity index (χ2v) is 7.61. The molecule has 0 aliphatic carbocycles. The number of hydrogen-bond donors (Lipinski definition) is 1. The highest BCUT2D eigenvalue weighted by Crippen LogP contribution is 2.42. The molecule has 0 aromatic heterocycles. The van der Waals surface area contributed by atoms with Gasteiger partial charge in [-0.2, -0.15) is 0 Å². The van der Waals surface area contributed by atoms with E-state index in [4.69, 9.17) is 4.74 Å². The minimum absolute atomic E-state index is 0.0476. The molecule has 120 valence electrons. The molecule has 1 N–H and O–H groups in total. The fourth-order valence-electron chi connectivity index (χ4n) is 2.68. The van der Waals surface area contributed by atoms with Gasteiger partial charge in [-0.15, -0.1) is 0 Å². The quantitative estimate of drug-likeness (QED) is 0.433. The van der Waals surface area contributed by atoms with Crippen molar-refractivity contribution in [3.8, 4) is 0 Å². The van der Waals surface area contributed by atoms with Gasteiger partial charge in [0.1, 0.15) is 0 Å². The first-order chi connectivity index (χ1) is 9.69. The lowest BCUT2D eigenvalue weighted by molar-refractivity contribution is -0.172. The molecule has 0 radical (unpaired) electrons. The molecule has 0 spiro atoms. The van der Waals surface area contributed by atoms with Gasteiger partial charge in [-0.1, -0.05) is 19.1 Å². The van der Waals surface area contributed by atoms with Crippen LogP contribution in [0.3, 0.4) is 0 Å². The molecule has 0 aromatic carbocycles. The molecule has 21 heavy (non-hydrogen) atoms. The van der Waals surface area contributed by atoms with Gasteiger partial charge in [-0.05, 0) is 26.2 Å². The van der Waals surface area contributed by atoms with E-state index < -0.39 is 33.1 Å². The molecule has 6 nitrogen and oxygen atoms in total. The molecule has 2 atom stereocenters.